The summed E-state index contributed by atoms with van der Waals surface area (Å²) < 4.78 is 0. The van der Waals surface area contributed by atoms with E-state index in [9.17, 15) is 4.79 Å². The van der Waals surface area contributed by atoms with Crippen LogP contribution in [0.1, 0.15) is 52.9 Å². The molecule has 102 valence electrons. The van der Waals surface area contributed by atoms with Gasteiger partial charge in [-0.25, -0.2) is 0 Å². The molecule has 0 aromatic rings. The van der Waals surface area contributed by atoms with Gasteiger partial charge in [-0.3, -0.25) is 4.79 Å². The number of hydrogen-bond acceptors (Lipinski definition) is 2. The summed E-state index contributed by atoms with van der Waals surface area (Å²) in [6.45, 7) is 7.99. The van der Waals surface area contributed by atoms with Crippen molar-refractivity contribution in [2.75, 3.05) is 20.1 Å². The van der Waals surface area contributed by atoms with Gasteiger partial charge < -0.3 is 10.6 Å². The number of carbonyl (C=O) groups is 1. The molecule has 0 aliphatic heterocycles. The average Bonchev–Trinajstić information content (AvgIpc) is 2.32. The molecule has 2 atom stereocenters. The summed E-state index contributed by atoms with van der Waals surface area (Å²) in [5.74, 6) is 0.899. The SMILES string of the molecule is CCCCC(CCC)CNC(=O)C(C)CNC. The zero-order chi connectivity index (χ0) is 13.1. The summed E-state index contributed by atoms with van der Waals surface area (Å²) in [4.78, 5) is 11.8. The van der Waals surface area contributed by atoms with Gasteiger partial charge in [0.2, 0.25) is 5.91 Å². The van der Waals surface area contributed by atoms with Crippen LogP contribution in [0.3, 0.4) is 0 Å². The Morgan fingerprint density at radius 1 is 1.12 bits per heavy atom. The summed E-state index contributed by atoms with van der Waals surface area (Å²) in [5.41, 5.74) is 0. The minimum atomic E-state index is 0.0634. The monoisotopic (exact) mass is 242 g/mol. The molecule has 0 fully saturated rings. The van der Waals surface area contributed by atoms with Gasteiger partial charge in [0.15, 0.2) is 0 Å². The van der Waals surface area contributed by atoms with Gasteiger partial charge in [-0.1, -0.05) is 40.0 Å². The topological polar surface area (TPSA) is 41.1 Å². The number of unbranched alkanes of at least 4 members (excludes halogenated alkanes) is 1. The lowest BCUT2D eigenvalue weighted by Crippen LogP contribution is -2.37. The number of amides is 1. The van der Waals surface area contributed by atoms with Crippen LogP contribution in [-0.4, -0.2) is 26.0 Å². The first kappa shape index (κ1) is 16.4. The molecule has 0 rings (SSSR count). The zero-order valence-corrected chi connectivity index (χ0v) is 12.0. The number of rotatable bonds is 10. The molecule has 0 bridgehead atoms. The van der Waals surface area contributed by atoms with E-state index in [-0.39, 0.29) is 11.8 Å². The van der Waals surface area contributed by atoms with E-state index >= 15 is 0 Å². The summed E-state index contributed by atoms with van der Waals surface area (Å²) in [7, 11) is 1.88. The molecule has 1 amide bonds. The maximum absolute atomic E-state index is 11.8. The van der Waals surface area contributed by atoms with Crippen LogP contribution in [0.5, 0.6) is 0 Å². The van der Waals surface area contributed by atoms with E-state index in [0.717, 1.165) is 13.1 Å². The molecule has 2 N–H and O–H groups in total. The molecule has 0 aliphatic carbocycles. The number of carbonyl (C=O) groups excluding carboxylic acids is 1. The van der Waals surface area contributed by atoms with Gasteiger partial charge in [0.1, 0.15) is 0 Å². The van der Waals surface area contributed by atoms with Crippen LogP contribution >= 0.6 is 0 Å². The Labute approximate surface area is 107 Å². The van der Waals surface area contributed by atoms with Crippen molar-refractivity contribution in [2.24, 2.45) is 11.8 Å². The van der Waals surface area contributed by atoms with Crippen LogP contribution < -0.4 is 10.6 Å². The quantitative estimate of drug-likeness (QED) is 0.618. The van der Waals surface area contributed by atoms with Gasteiger partial charge in [0.25, 0.3) is 0 Å². The molecule has 2 unspecified atom stereocenters. The second-order valence-corrected chi connectivity index (χ2v) is 5.00. The van der Waals surface area contributed by atoms with Crippen LogP contribution in [0.4, 0.5) is 0 Å². The third-order valence-corrected chi connectivity index (χ3v) is 3.19. The van der Waals surface area contributed by atoms with Crippen LogP contribution in [0.25, 0.3) is 0 Å². The molecular weight excluding hydrogens is 212 g/mol. The van der Waals surface area contributed by atoms with Crippen LogP contribution in [0.2, 0.25) is 0 Å². The van der Waals surface area contributed by atoms with Crippen LogP contribution in [0.15, 0.2) is 0 Å². The third kappa shape index (κ3) is 8.19. The first-order valence-corrected chi connectivity index (χ1v) is 7.07. The highest BCUT2D eigenvalue weighted by molar-refractivity contribution is 5.78. The van der Waals surface area contributed by atoms with Gasteiger partial charge >= 0.3 is 0 Å². The van der Waals surface area contributed by atoms with Crippen molar-refractivity contribution in [1.29, 1.82) is 0 Å². The molecule has 0 aromatic heterocycles. The normalized spacial score (nSPS) is 14.4. The largest absolute Gasteiger partial charge is 0.356 e. The molecular formula is C14H30N2O. The predicted octanol–water partition coefficient (Wildman–Crippen LogP) is 2.56. The molecule has 0 spiro atoms. The van der Waals surface area contributed by atoms with Crippen LogP contribution in [0, 0.1) is 11.8 Å². The van der Waals surface area contributed by atoms with E-state index < -0.39 is 0 Å². The number of nitrogens with one attached hydrogen (secondary N) is 2. The van der Waals surface area contributed by atoms with Gasteiger partial charge in [-0.2, -0.15) is 0 Å². The van der Waals surface area contributed by atoms with Crippen molar-refractivity contribution >= 4 is 5.91 Å². The Kier molecular flexibility index (Phi) is 10.2. The molecule has 0 heterocycles. The van der Waals surface area contributed by atoms with Crippen molar-refractivity contribution in [3.8, 4) is 0 Å². The molecule has 17 heavy (non-hydrogen) atoms. The predicted molar refractivity (Wildman–Crippen MR) is 74.0 cm³/mol. The fourth-order valence-corrected chi connectivity index (χ4v) is 2.07. The van der Waals surface area contributed by atoms with E-state index in [1.54, 1.807) is 0 Å². The molecule has 3 heteroatoms. The third-order valence-electron chi connectivity index (χ3n) is 3.19. The fraction of sp³-hybridized carbons (Fsp3) is 0.929. The highest BCUT2D eigenvalue weighted by atomic mass is 16.1. The van der Waals surface area contributed by atoms with Gasteiger partial charge in [0, 0.05) is 19.0 Å². The van der Waals surface area contributed by atoms with E-state index in [4.69, 9.17) is 0 Å². The second-order valence-electron chi connectivity index (χ2n) is 5.00. The summed E-state index contributed by atoms with van der Waals surface area (Å²) >= 11 is 0. The highest BCUT2D eigenvalue weighted by Crippen LogP contribution is 2.13. The molecule has 0 aliphatic rings. The van der Waals surface area contributed by atoms with Crippen molar-refractivity contribution < 1.29 is 4.79 Å². The minimum Gasteiger partial charge on any atom is -0.356 e. The van der Waals surface area contributed by atoms with Crippen molar-refractivity contribution in [2.45, 2.75) is 52.9 Å². The Morgan fingerprint density at radius 3 is 2.35 bits per heavy atom. The minimum absolute atomic E-state index is 0.0634. The average molecular weight is 242 g/mol. The van der Waals surface area contributed by atoms with E-state index in [2.05, 4.69) is 24.5 Å². The molecule has 0 aromatic carbocycles. The molecule has 0 radical (unpaired) electrons. The Hall–Kier alpha value is -0.570. The Balaban J connectivity index is 3.89. The van der Waals surface area contributed by atoms with E-state index in [0.29, 0.717) is 5.92 Å². The van der Waals surface area contributed by atoms with E-state index in [1.807, 2.05) is 14.0 Å². The fourth-order valence-electron chi connectivity index (χ4n) is 2.07. The van der Waals surface area contributed by atoms with Crippen molar-refractivity contribution in [3.05, 3.63) is 0 Å². The lowest BCUT2D eigenvalue weighted by Gasteiger charge is -2.18. The second kappa shape index (κ2) is 10.6. The standard InChI is InChI=1S/C14H30N2O/c1-5-7-9-13(8-6-2)11-16-14(17)12(3)10-15-4/h12-13,15H,5-11H2,1-4H3,(H,16,17). The highest BCUT2D eigenvalue weighted by Gasteiger charge is 2.13. The summed E-state index contributed by atoms with van der Waals surface area (Å²) in [5, 5.41) is 6.12. The Bertz CT molecular complexity index is 195. The Morgan fingerprint density at radius 2 is 1.82 bits per heavy atom. The van der Waals surface area contributed by atoms with Gasteiger partial charge in [-0.05, 0) is 25.8 Å². The molecule has 0 saturated heterocycles. The van der Waals surface area contributed by atoms with Crippen LogP contribution in [-0.2, 0) is 4.79 Å². The van der Waals surface area contributed by atoms with Gasteiger partial charge in [0.05, 0.1) is 0 Å². The number of hydrogen-bond donors (Lipinski definition) is 2. The van der Waals surface area contributed by atoms with Gasteiger partial charge in [-0.15, -0.1) is 0 Å². The lowest BCUT2D eigenvalue weighted by atomic mass is 9.97. The maximum Gasteiger partial charge on any atom is 0.224 e. The summed E-state index contributed by atoms with van der Waals surface area (Å²) in [6.07, 6.45) is 6.18. The first-order valence-electron chi connectivity index (χ1n) is 7.07. The smallest absolute Gasteiger partial charge is 0.224 e. The van der Waals surface area contributed by atoms with Crippen molar-refractivity contribution in [1.82, 2.24) is 10.6 Å². The maximum atomic E-state index is 11.8. The lowest BCUT2D eigenvalue weighted by molar-refractivity contribution is -0.124. The van der Waals surface area contributed by atoms with E-state index in [1.165, 1.54) is 32.1 Å². The van der Waals surface area contributed by atoms with Crippen molar-refractivity contribution in [3.63, 3.8) is 0 Å². The molecule has 3 nitrogen and oxygen atoms in total. The first-order chi connectivity index (χ1) is 8.15. The molecule has 0 saturated carbocycles. The zero-order valence-electron chi connectivity index (χ0n) is 12.0. The summed E-state index contributed by atoms with van der Waals surface area (Å²) in [6, 6.07) is 0.